The van der Waals surface area contributed by atoms with Gasteiger partial charge < -0.3 is 10.4 Å². The minimum atomic E-state index is -1.09. The lowest BCUT2D eigenvalue weighted by Gasteiger charge is -2.10. The van der Waals surface area contributed by atoms with Gasteiger partial charge in [0.25, 0.3) is 0 Å². The molecule has 112 valence electrons. The fraction of sp³-hybridized carbons (Fsp3) is 0.385. The van der Waals surface area contributed by atoms with Gasteiger partial charge in [-0.2, -0.15) is 0 Å². The van der Waals surface area contributed by atoms with Crippen molar-refractivity contribution < 1.29 is 13.9 Å². The molecule has 1 aliphatic carbocycles. The van der Waals surface area contributed by atoms with Crippen LogP contribution >= 0.6 is 23.1 Å². The smallest absolute Gasteiger partial charge is 0.206 e. The van der Waals surface area contributed by atoms with E-state index in [1.165, 1.54) is 23.1 Å². The molecule has 1 fully saturated rings. The second-order valence-electron chi connectivity index (χ2n) is 4.78. The second kappa shape index (κ2) is 6.25. The molecule has 1 aromatic carbocycles. The van der Waals surface area contributed by atoms with Gasteiger partial charge in [-0.1, -0.05) is 23.1 Å². The summed E-state index contributed by atoms with van der Waals surface area (Å²) in [4.78, 5) is 0. The molecule has 1 atom stereocenters. The average Bonchev–Trinajstić information content (AvgIpc) is 3.16. The van der Waals surface area contributed by atoms with Crippen molar-refractivity contribution in [3.8, 4) is 0 Å². The zero-order chi connectivity index (χ0) is 14.8. The highest BCUT2D eigenvalue weighted by atomic mass is 32.2. The summed E-state index contributed by atoms with van der Waals surface area (Å²) in [5.74, 6) is -0.988. The Morgan fingerprint density at radius 3 is 2.95 bits per heavy atom. The van der Waals surface area contributed by atoms with Gasteiger partial charge in [0.15, 0.2) is 4.34 Å². The fourth-order valence-corrected chi connectivity index (χ4v) is 3.55. The maximum atomic E-state index is 13.5. The van der Waals surface area contributed by atoms with E-state index in [1.54, 1.807) is 0 Å². The van der Waals surface area contributed by atoms with Gasteiger partial charge >= 0.3 is 0 Å². The molecule has 0 aliphatic heterocycles. The van der Waals surface area contributed by atoms with Crippen molar-refractivity contribution in [2.45, 2.75) is 29.3 Å². The minimum Gasteiger partial charge on any atom is -0.387 e. The monoisotopic (exact) mass is 329 g/mol. The Morgan fingerprint density at radius 2 is 2.19 bits per heavy atom. The molecule has 8 heteroatoms. The zero-order valence-corrected chi connectivity index (χ0v) is 12.6. The van der Waals surface area contributed by atoms with Crippen LogP contribution in [0.5, 0.6) is 0 Å². The van der Waals surface area contributed by atoms with Crippen molar-refractivity contribution >= 4 is 28.2 Å². The highest BCUT2D eigenvalue weighted by Crippen LogP contribution is 2.32. The number of aliphatic hydroxyl groups is 1. The normalized spacial score (nSPS) is 16.0. The number of hydrogen-bond donors (Lipinski definition) is 2. The van der Waals surface area contributed by atoms with E-state index in [-0.39, 0.29) is 11.3 Å². The first-order chi connectivity index (χ1) is 10.1. The van der Waals surface area contributed by atoms with Gasteiger partial charge in [0.1, 0.15) is 11.6 Å². The summed E-state index contributed by atoms with van der Waals surface area (Å²) in [6, 6.07) is 3.56. The van der Waals surface area contributed by atoms with E-state index in [0.29, 0.717) is 10.4 Å². The van der Waals surface area contributed by atoms with Gasteiger partial charge in [-0.05, 0) is 31.0 Å². The Kier molecular flexibility index (Phi) is 4.37. The van der Waals surface area contributed by atoms with Gasteiger partial charge in [-0.25, -0.2) is 8.78 Å². The quantitative estimate of drug-likeness (QED) is 0.797. The first-order valence-electron chi connectivity index (χ1n) is 6.47. The highest BCUT2D eigenvalue weighted by molar-refractivity contribution is 8.01. The van der Waals surface area contributed by atoms with Crippen LogP contribution < -0.4 is 5.32 Å². The van der Waals surface area contributed by atoms with Crippen LogP contribution in [-0.4, -0.2) is 27.1 Å². The van der Waals surface area contributed by atoms with Crippen molar-refractivity contribution in [2.24, 2.45) is 0 Å². The predicted molar refractivity (Wildman–Crippen MR) is 78.6 cm³/mol. The summed E-state index contributed by atoms with van der Waals surface area (Å²) in [7, 11) is 0. The lowest BCUT2D eigenvalue weighted by atomic mass is 10.1. The zero-order valence-electron chi connectivity index (χ0n) is 10.9. The summed E-state index contributed by atoms with van der Waals surface area (Å²) in [5.41, 5.74) is -0.0386. The van der Waals surface area contributed by atoms with Crippen LogP contribution in [0.25, 0.3) is 0 Å². The van der Waals surface area contributed by atoms with Crippen LogP contribution in [0.2, 0.25) is 0 Å². The SMILES string of the molecule is OC(CSc1nnc(NC2CC2)s1)c1cc(F)ccc1F. The summed E-state index contributed by atoms with van der Waals surface area (Å²) in [6.07, 6.45) is 1.22. The predicted octanol–water partition coefficient (Wildman–Crippen LogP) is 3.22. The number of hydrogen-bond acceptors (Lipinski definition) is 6. The number of aromatic nitrogens is 2. The number of rotatable bonds is 6. The Balaban J connectivity index is 1.58. The Morgan fingerprint density at radius 1 is 1.38 bits per heavy atom. The highest BCUT2D eigenvalue weighted by Gasteiger charge is 2.22. The third kappa shape index (κ3) is 3.90. The number of anilines is 1. The molecule has 1 aliphatic rings. The number of halogens is 2. The molecule has 2 aromatic rings. The van der Waals surface area contributed by atoms with E-state index >= 15 is 0 Å². The minimum absolute atomic E-state index is 0.0386. The van der Waals surface area contributed by atoms with Gasteiger partial charge in [-0.15, -0.1) is 10.2 Å². The Labute approximate surface area is 128 Å². The van der Waals surface area contributed by atoms with Crippen LogP contribution in [0.1, 0.15) is 24.5 Å². The van der Waals surface area contributed by atoms with Crippen molar-refractivity contribution in [3.05, 3.63) is 35.4 Å². The van der Waals surface area contributed by atoms with Crippen LogP contribution in [0.4, 0.5) is 13.9 Å². The van der Waals surface area contributed by atoms with Gasteiger partial charge in [0.2, 0.25) is 5.13 Å². The van der Waals surface area contributed by atoms with Gasteiger partial charge in [-0.3, -0.25) is 0 Å². The molecule has 1 aromatic heterocycles. The Bertz CT molecular complexity index is 634. The van der Waals surface area contributed by atoms with Gasteiger partial charge in [0, 0.05) is 17.4 Å². The Hall–Kier alpha value is -1.25. The molecule has 0 radical (unpaired) electrons. The fourth-order valence-electron chi connectivity index (χ4n) is 1.74. The first kappa shape index (κ1) is 14.7. The molecule has 0 spiro atoms. The number of nitrogens with zero attached hydrogens (tertiary/aromatic N) is 2. The molecule has 0 amide bonds. The summed E-state index contributed by atoms with van der Waals surface area (Å²) >= 11 is 2.67. The molecule has 21 heavy (non-hydrogen) atoms. The number of benzene rings is 1. The van der Waals surface area contributed by atoms with Crippen molar-refractivity contribution in [3.63, 3.8) is 0 Å². The first-order valence-corrected chi connectivity index (χ1v) is 8.28. The second-order valence-corrected chi connectivity index (χ2v) is 7.03. The topological polar surface area (TPSA) is 58.0 Å². The molecule has 1 unspecified atom stereocenters. The molecule has 2 N–H and O–H groups in total. The summed E-state index contributed by atoms with van der Waals surface area (Å²) in [5, 5.41) is 21.9. The van der Waals surface area contributed by atoms with E-state index in [2.05, 4.69) is 15.5 Å². The molecule has 0 saturated heterocycles. The van der Waals surface area contributed by atoms with Crippen LogP contribution in [-0.2, 0) is 0 Å². The van der Waals surface area contributed by atoms with Crippen molar-refractivity contribution in [2.75, 3.05) is 11.1 Å². The number of thioether (sulfide) groups is 1. The van der Waals surface area contributed by atoms with Crippen LogP contribution in [0.15, 0.2) is 22.5 Å². The van der Waals surface area contributed by atoms with E-state index in [9.17, 15) is 13.9 Å². The molecule has 4 nitrogen and oxygen atoms in total. The standard InChI is InChI=1S/C13H13F2N3OS2/c14-7-1-4-10(15)9(5-7)11(19)6-20-13-18-17-12(21-13)16-8-2-3-8/h1,4-5,8,11,19H,2-3,6H2,(H,16,17). The maximum absolute atomic E-state index is 13.5. The average molecular weight is 329 g/mol. The third-order valence-electron chi connectivity index (χ3n) is 2.99. The van der Waals surface area contributed by atoms with Crippen LogP contribution in [0.3, 0.4) is 0 Å². The third-order valence-corrected chi connectivity index (χ3v) is 5.06. The van der Waals surface area contributed by atoms with Crippen molar-refractivity contribution in [1.82, 2.24) is 10.2 Å². The lowest BCUT2D eigenvalue weighted by Crippen LogP contribution is -2.04. The van der Waals surface area contributed by atoms with E-state index < -0.39 is 17.7 Å². The maximum Gasteiger partial charge on any atom is 0.206 e. The number of nitrogens with one attached hydrogen (secondary N) is 1. The summed E-state index contributed by atoms with van der Waals surface area (Å²) in [6.45, 7) is 0. The van der Waals surface area contributed by atoms with E-state index in [4.69, 9.17) is 0 Å². The van der Waals surface area contributed by atoms with Crippen molar-refractivity contribution in [1.29, 1.82) is 0 Å². The molecular formula is C13H13F2N3OS2. The molecule has 3 rings (SSSR count). The lowest BCUT2D eigenvalue weighted by molar-refractivity contribution is 0.198. The van der Waals surface area contributed by atoms with E-state index in [1.807, 2.05) is 0 Å². The molecule has 1 heterocycles. The van der Waals surface area contributed by atoms with E-state index in [0.717, 1.165) is 36.2 Å². The van der Waals surface area contributed by atoms with Crippen LogP contribution in [0, 0.1) is 11.6 Å². The largest absolute Gasteiger partial charge is 0.387 e. The molecule has 0 bridgehead atoms. The molecular weight excluding hydrogens is 316 g/mol. The number of aliphatic hydroxyl groups excluding tert-OH is 1. The summed E-state index contributed by atoms with van der Waals surface area (Å²) < 4.78 is 27.3. The molecule has 1 saturated carbocycles. The van der Waals surface area contributed by atoms with Gasteiger partial charge in [0.05, 0.1) is 6.10 Å².